The molecular weight excluding hydrogens is 576 g/mol. The number of aliphatic hydroxyl groups is 1. The van der Waals surface area contributed by atoms with Crippen LogP contribution in [0.3, 0.4) is 0 Å². The number of rotatable bonds is 10. The van der Waals surface area contributed by atoms with E-state index in [1.807, 2.05) is 37.3 Å². The number of carboxylic acid groups (broad SMARTS) is 1. The first-order valence-corrected chi connectivity index (χ1v) is 16.4. The van der Waals surface area contributed by atoms with Crippen molar-refractivity contribution < 1.29 is 28.2 Å². The molecule has 1 aliphatic rings. The maximum atomic E-state index is 13.6. The molecule has 3 aromatic carbocycles. The Morgan fingerprint density at radius 3 is 2.48 bits per heavy atom. The van der Waals surface area contributed by atoms with Crippen molar-refractivity contribution >= 4 is 33.4 Å². The minimum absolute atomic E-state index is 0.0973. The minimum atomic E-state index is -3.19. The van der Waals surface area contributed by atoms with Crippen molar-refractivity contribution in [1.82, 2.24) is 10.2 Å². The van der Waals surface area contributed by atoms with E-state index in [2.05, 4.69) is 5.32 Å². The zero-order valence-electron chi connectivity index (χ0n) is 23.8. The van der Waals surface area contributed by atoms with Crippen LogP contribution in [-0.2, 0) is 21.2 Å². The van der Waals surface area contributed by atoms with Gasteiger partial charge in [-0.05, 0) is 67.5 Å². The lowest BCUT2D eigenvalue weighted by atomic mass is 9.72. The summed E-state index contributed by atoms with van der Waals surface area (Å²) in [6, 6.07) is 20.0. The fourth-order valence-electron chi connectivity index (χ4n) is 5.87. The Morgan fingerprint density at radius 1 is 1.10 bits per heavy atom. The molecular formula is C32H37ClN2O6S. The Morgan fingerprint density at radius 2 is 1.81 bits per heavy atom. The predicted molar refractivity (Wildman–Crippen MR) is 164 cm³/mol. The molecule has 0 aromatic heterocycles. The molecule has 0 aliphatic carbocycles. The average Bonchev–Trinajstić information content (AvgIpc) is 2.94. The van der Waals surface area contributed by atoms with E-state index in [9.17, 15) is 23.1 Å². The van der Waals surface area contributed by atoms with E-state index < -0.39 is 21.5 Å². The Kier molecular flexibility index (Phi) is 9.97. The van der Waals surface area contributed by atoms with E-state index in [4.69, 9.17) is 16.7 Å². The van der Waals surface area contributed by atoms with Crippen molar-refractivity contribution in [2.24, 2.45) is 5.92 Å². The first kappa shape index (κ1) is 31.5. The summed E-state index contributed by atoms with van der Waals surface area (Å²) >= 11 is 6.77. The quantitative estimate of drug-likeness (QED) is 0.254. The van der Waals surface area contributed by atoms with Gasteiger partial charge in [-0.25, -0.2) is 13.2 Å². The number of sulfone groups is 1. The van der Waals surface area contributed by atoms with Crippen LogP contribution in [0.4, 0.5) is 4.79 Å². The lowest BCUT2D eigenvalue weighted by molar-refractivity contribution is -0.0563. The summed E-state index contributed by atoms with van der Waals surface area (Å²) < 4.78 is 23.3. The predicted octanol–water partition coefficient (Wildman–Crippen LogP) is 5.65. The summed E-state index contributed by atoms with van der Waals surface area (Å²) in [5.74, 6) is -0.628. The fourth-order valence-corrected chi connectivity index (χ4v) is 6.95. The summed E-state index contributed by atoms with van der Waals surface area (Å²) in [6.07, 6.45) is 2.04. The maximum Gasteiger partial charge on any atom is 0.404 e. The summed E-state index contributed by atoms with van der Waals surface area (Å²) in [4.78, 5) is 26.4. The van der Waals surface area contributed by atoms with Crippen molar-refractivity contribution in [2.75, 3.05) is 25.9 Å². The van der Waals surface area contributed by atoms with Crippen LogP contribution >= 0.6 is 11.6 Å². The number of hydrogen-bond acceptors (Lipinski definition) is 5. The highest BCUT2D eigenvalue weighted by molar-refractivity contribution is 7.89. The molecule has 0 saturated carbocycles. The van der Waals surface area contributed by atoms with Gasteiger partial charge in [0.1, 0.15) is 0 Å². The second-order valence-electron chi connectivity index (χ2n) is 11.1. The molecule has 1 heterocycles. The molecule has 3 aromatic rings. The van der Waals surface area contributed by atoms with E-state index in [0.29, 0.717) is 54.1 Å². The first-order valence-electron chi connectivity index (χ1n) is 14.0. The molecule has 0 radical (unpaired) electrons. The molecule has 1 fully saturated rings. The Hall–Kier alpha value is -3.40. The summed E-state index contributed by atoms with van der Waals surface area (Å²) in [5, 5.41) is 24.6. The van der Waals surface area contributed by atoms with Gasteiger partial charge in [0, 0.05) is 48.0 Å². The highest BCUT2D eigenvalue weighted by atomic mass is 35.5. The number of benzene rings is 3. The molecule has 3 N–H and O–H groups in total. The zero-order valence-corrected chi connectivity index (χ0v) is 25.4. The number of likely N-dealkylation sites (tertiary alicyclic amines) is 1. The molecule has 2 unspecified atom stereocenters. The SMILES string of the molecule is Cc1cccc(-c2c(Cl)cccc2C(O)(CCCNC(=O)O)C2CCCN(C(=O)c3ccc(CS(C)(=O)=O)cc3)C2)c1. The molecule has 1 saturated heterocycles. The molecule has 1 aliphatic heterocycles. The van der Waals surface area contributed by atoms with Crippen LogP contribution in [0.25, 0.3) is 11.1 Å². The second-order valence-corrected chi connectivity index (χ2v) is 13.7. The minimum Gasteiger partial charge on any atom is -0.465 e. The smallest absolute Gasteiger partial charge is 0.404 e. The number of amides is 2. The highest BCUT2D eigenvalue weighted by Crippen LogP contribution is 2.45. The van der Waals surface area contributed by atoms with Gasteiger partial charge in [-0.1, -0.05) is 65.7 Å². The van der Waals surface area contributed by atoms with Gasteiger partial charge in [0.05, 0.1) is 11.4 Å². The van der Waals surface area contributed by atoms with Crippen molar-refractivity contribution in [3.05, 3.63) is 94.0 Å². The van der Waals surface area contributed by atoms with Gasteiger partial charge in [-0.2, -0.15) is 0 Å². The van der Waals surface area contributed by atoms with Crippen molar-refractivity contribution in [2.45, 2.75) is 44.0 Å². The van der Waals surface area contributed by atoms with Gasteiger partial charge in [0.2, 0.25) is 0 Å². The molecule has 8 nitrogen and oxygen atoms in total. The monoisotopic (exact) mass is 612 g/mol. The van der Waals surface area contributed by atoms with Gasteiger partial charge in [0.15, 0.2) is 9.84 Å². The highest BCUT2D eigenvalue weighted by Gasteiger charge is 2.43. The van der Waals surface area contributed by atoms with E-state index in [1.165, 1.54) is 6.26 Å². The van der Waals surface area contributed by atoms with E-state index in [0.717, 1.165) is 16.7 Å². The van der Waals surface area contributed by atoms with Crippen molar-refractivity contribution in [3.63, 3.8) is 0 Å². The third-order valence-corrected chi connectivity index (χ3v) is 8.98. The molecule has 42 heavy (non-hydrogen) atoms. The number of halogens is 1. The van der Waals surface area contributed by atoms with Crippen LogP contribution in [0.15, 0.2) is 66.7 Å². The molecule has 0 spiro atoms. The Balaban J connectivity index is 1.67. The number of nitrogens with one attached hydrogen (secondary N) is 1. The van der Waals surface area contributed by atoms with Crippen LogP contribution in [0.5, 0.6) is 0 Å². The molecule has 2 amide bonds. The van der Waals surface area contributed by atoms with Crippen LogP contribution in [0.1, 0.15) is 52.7 Å². The molecule has 224 valence electrons. The van der Waals surface area contributed by atoms with Gasteiger partial charge in [-0.3, -0.25) is 4.79 Å². The molecule has 2 atom stereocenters. The lowest BCUT2D eigenvalue weighted by Gasteiger charge is -2.44. The molecule has 10 heteroatoms. The second kappa shape index (κ2) is 13.3. The van der Waals surface area contributed by atoms with E-state index >= 15 is 0 Å². The standard InChI is InChI=1S/C32H37ClN2O6S/c1-22-7-3-8-25(19-22)29-27(10-4-11-28(29)33)32(39,16-6-17-34-31(37)38)26-9-5-18-35(20-26)30(36)24-14-12-23(13-15-24)21-42(2,40)41/h3-4,7-8,10-15,19,26,34,39H,5-6,9,16-18,20-21H2,1-2H3,(H,37,38). The maximum absolute atomic E-state index is 13.6. The number of piperidine rings is 1. The number of carbonyl (C=O) groups excluding carboxylic acids is 1. The van der Waals surface area contributed by atoms with Crippen molar-refractivity contribution in [1.29, 1.82) is 0 Å². The Bertz CT molecular complexity index is 1540. The van der Waals surface area contributed by atoms with Gasteiger partial charge >= 0.3 is 6.09 Å². The van der Waals surface area contributed by atoms with E-state index in [1.54, 1.807) is 41.3 Å². The molecule has 0 bridgehead atoms. The van der Waals surface area contributed by atoms with Crippen molar-refractivity contribution in [3.8, 4) is 11.1 Å². The Labute approximate surface area is 252 Å². The number of aryl methyl sites for hydroxylation is 1. The van der Waals surface area contributed by atoms with Crippen LogP contribution in [0, 0.1) is 12.8 Å². The number of nitrogens with zero attached hydrogens (tertiary/aromatic N) is 1. The topological polar surface area (TPSA) is 124 Å². The third-order valence-electron chi connectivity index (χ3n) is 7.81. The van der Waals surface area contributed by atoms with Crippen LogP contribution in [0.2, 0.25) is 5.02 Å². The number of carbonyl (C=O) groups is 2. The van der Waals surface area contributed by atoms with E-state index in [-0.39, 0.29) is 30.5 Å². The van der Waals surface area contributed by atoms with Gasteiger partial charge in [-0.15, -0.1) is 0 Å². The van der Waals surface area contributed by atoms with Gasteiger partial charge in [0.25, 0.3) is 5.91 Å². The summed E-state index contributed by atoms with van der Waals surface area (Å²) in [7, 11) is -3.19. The first-order chi connectivity index (χ1) is 19.9. The average molecular weight is 613 g/mol. The normalized spacial score (nSPS) is 17.0. The third kappa shape index (κ3) is 7.70. The van der Waals surface area contributed by atoms with Gasteiger partial charge < -0.3 is 20.4 Å². The van der Waals surface area contributed by atoms with Crippen LogP contribution < -0.4 is 5.32 Å². The molecule has 4 rings (SSSR count). The lowest BCUT2D eigenvalue weighted by Crippen LogP contribution is -2.48. The summed E-state index contributed by atoms with van der Waals surface area (Å²) in [5.41, 5.74) is 2.95. The van der Waals surface area contributed by atoms with Crippen LogP contribution in [-0.4, -0.2) is 61.4 Å². The number of hydrogen-bond donors (Lipinski definition) is 3. The zero-order chi connectivity index (χ0) is 30.5. The fraction of sp³-hybridized carbons (Fsp3) is 0.375. The largest absolute Gasteiger partial charge is 0.465 e. The summed E-state index contributed by atoms with van der Waals surface area (Å²) in [6.45, 7) is 2.99.